The molecular weight excluding hydrogens is 164 g/mol. The number of benzene rings is 1. The van der Waals surface area contributed by atoms with Crippen molar-refractivity contribution in [2.24, 2.45) is 10.7 Å². The largest absolute Gasteiger partial charge is 0.455 e. The molecule has 0 aromatic heterocycles. The van der Waals surface area contributed by atoms with Crippen LogP contribution in [-0.4, -0.2) is 12.6 Å². The van der Waals surface area contributed by atoms with Crippen molar-refractivity contribution in [2.75, 3.05) is 6.54 Å². The monoisotopic (exact) mass is 176 g/mol. The second kappa shape index (κ2) is 3.09. The van der Waals surface area contributed by atoms with Gasteiger partial charge in [0.2, 0.25) is 0 Å². The van der Waals surface area contributed by atoms with Gasteiger partial charge in [-0.15, -0.1) is 0 Å². The highest BCUT2D eigenvalue weighted by Crippen LogP contribution is 2.21. The lowest BCUT2D eigenvalue weighted by atomic mass is 10.1. The van der Waals surface area contributed by atoms with Crippen molar-refractivity contribution in [3.8, 4) is 0 Å². The summed E-state index contributed by atoms with van der Waals surface area (Å²) in [7, 11) is 0. The first kappa shape index (κ1) is 8.10. The van der Waals surface area contributed by atoms with Gasteiger partial charge in [0, 0.05) is 0 Å². The van der Waals surface area contributed by atoms with E-state index < -0.39 is 0 Å². The van der Waals surface area contributed by atoms with E-state index in [9.17, 15) is 0 Å². The number of nitrogens with two attached hydrogens (primary N) is 1. The number of ether oxygens (including phenoxy) is 1. The second-order valence-electron chi connectivity index (χ2n) is 3.20. The Bertz CT molecular complexity index is 329. The molecule has 0 unspecified atom stereocenters. The fourth-order valence-electron chi connectivity index (χ4n) is 1.35. The maximum atomic E-state index is 5.42. The van der Waals surface area contributed by atoms with Crippen LogP contribution in [-0.2, 0) is 4.74 Å². The predicted molar refractivity (Wildman–Crippen MR) is 51.5 cm³/mol. The average Bonchev–Trinajstić information content (AvgIpc) is 2.53. The molecule has 2 rings (SSSR count). The van der Waals surface area contributed by atoms with Crippen molar-refractivity contribution in [3.63, 3.8) is 0 Å². The Kier molecular flexibility index (Phi) is 1.93. The summed E-state index contributed by atoms with van der Waals surface area (Å²) >= 11 is 0. The molecule has 0 saturated carbocycles. The molecule has 1 aliphatic rings. The van der Waals surface area contributed by atoms with Gasteiger partial charge in [0.1, 0.15) is 6.10 Å². The smallest absolute Gasteiger partial charge is 0.282 e. The normalized spacial score (nSPS) is 21.0. The third kappa shape index (κ3) is 1.64. The minimum absolute atomic E-state index is 0.0144. The fourth-order valence-corrected chi connectivity index (χ4v) is 1.35. The second-order valence-corrected chi connectivity index (χ2v) is 3.20. The number of amidine groups is 1. The summed E-state index contributed by atoms with van der Waals surface area (Å²) in [4.78, 5) is 3.99. The van der Waals surface area contributed by atoms with Crippen molar-refractivity contribution in [1.82, 2.24) is 0 Å². The summed E-state index contributed by atoms with van der Waals surface area (Å²) in [5.74, 6) is 0. The van der Waals surface area contributed by atoms with Gasteiger partial charge in [-0.25, -0.2) is 4.99 Å². The van der Waals surface area contributed by atoms with Crippen LogP contribution in [0.2, 0.25) is 0 Å². The molecule has 0 saturated heterocycles. The van der Waals surface area contributed by atoms with Crippen LogP contribution in [0.25, 0.3) is 0 Å². The zero-order chi connectivity index (χ0) is 9.26. The maximum absolute atomic E-state index is 5.42. The van der Waals surface area contributed by atoms with Crippen molar-refractivity contribution >= 4 is 6.02 Å². The van der Waals surface area contributed by atoms with E-state index in [1.807, 2.05) is 12.1 Å². The predicted octanol–water partition coefficient (Wildman–Crippen LogP) is 1.38. The Morgan fingerprint density at radius 3 is 2.62 bits per heavy atom. The first-order valence-electron chi connectivity index (χ1n) is 4.29. The molecule has 3 heteroatoms. The van der Waals surface area contributed by atoms with Gasteiger partial charge in [-0.3, -0.25) is 0 Å². The first-order chi connectivity index (χ1) is 6.25. The number of rotatable bonds is 1. The molecule has 1 heterocycles. The van der Waals surface area contributed by atoms with Crippen LogP contribution >= 0.6 is 0 Å². The molecule has 68 valence electrons. The fraction of sp³-hybridized carbons (Fsp3) is 0.300. The maximum Gasteiger partial charge on any atom is 0.282 e. The van der Waals surface area contributed by atoms with Crippen LogP contribution in [0, 0.1) is 6.92 Å². The third-order valence-corrected chi connectivity index (χ3v) is 2.13. The molecule has 0 amide bonds. The molecule has 1 aliphatic heterocycles. The number of nitrogens with zero attached hydrogens (tertiary/aromatic N) is 1. The van der Waals surface area contributed by atoms with Gasteiger partial charge in [0.15, 0.2) is 0 Å². The van der Waals surface area contributed by atoms with Gasteiger partial charge in [-0.05, 0) is 12.5 Å². The average molecular weight is 176 g/mol. The van der Waals surface area contributed by atoms with E-state index in [-0.39, 0.29) is 6.10 Å². The van der Waals surface area contributed by atoms with Gasteiger partial charge in [-0.1, -0.05) is 29.8 Å². The summed E-state index contributed by atoms with van der Waals surface area (Å²) in [6, 6.07) is 8.52. The molecule has 1 aromatic carbocycles. The third-order valence-electron chi connectivity index (χ3n) is 2.13. The molecular formula is C10H12N2O. The number of aliphatic imine (C=N–C) groups is 1. The molecule has 0 bridgehead atoms. The van der Waals surface area contributed by atoms with E-state index in [0.29, 0.717) is 12.6 Å². The van der Waals surface area contributed by atoms with Crippen molar-refractivity contribution in [1.29, 1.82) is 0 Å². The van der Waals surface area contributed by atoms with Crippen LogP contribution in [0.15, 0.2) is 29.3 Å². The summed E-state index contributed by atoms with van der Waals surface area (Å²) in [6.45, 7) is 2.69. The minimum Gasteiger partial charge on any atom is -0.455 e. The Labute approximate surface area is 77.2 Å². The number of aryl methyl sites for hydroxylation is 1. The van der Waals surface area contributed by atoms with Crippen molar-refractivity contribution in [2.45, 2.75) is 13.0 Å². The lowest BCUT2D eigenvalue weighted by molar-refractivity contribution is 0.226. The molecule has 3 nitrogen and oxygen atoms in total. The van der Waals surface area contributed by atoms with Gasteiger partial charge < -0.3 is 10.5 Å². The molecule has 13 heavy (non-hydrogen) atoms. The molecule has 0 aliphatic carbocycles. The van der Waals surface area contributed by atoms with E-state index in [4.69, 9.17) is 10.5 Å². The SMILES string of the molecule is Cc1ccc([C@@H]2CN=C(N)O2)cc1. The van der Waals surface area contributed by atoms with Crippen LogP contribution in [0.1, 0.15) is 17.2 Å². The van der Waals surface area contributed by atoms with E-state index in [1.165, 1.54) is 5.56 Å². The summed E-state index contributed by atoms with van der Waals surface area (Å²) < 4.78 is 5.31. The standard InChI is InChI=1S/C10H12N2O/c1-7-2-4-8(5-3-7)9-6-12-10(11)13-9/h2-5,9H,6H2,1H3,(H2,11,12)/t9-/m0/s1. The van der Waals surface area contributed by atoms with Crippen LogP contribution < -0.4 is 5.73 Å². The van der Waals surface area contributed by atoms with E-state index in [0.717, 1.165) is 5.56 Å². The summed E-state index contributed by atoms with van der Waals surface area (Å²) in [6.07, 6.45) is 0.0144. The Morgan fingerprint density at radius 2 is 2.08 bits per heavy atom. The van der Waals surface area contributed by atoms with Gasteiger partial charge >= 0.3 is 0 Å². The van der Waals surface area contributed by atoms with Crippen LogP contribution in [0.4, 0.5) is 0 Å². The van der Waals surface area contributed by atoms with Crippen LogP contribution in [0.5, 0.6) is 0 Å². The molecule has 1 aromatic rings. The minimum atomic E-state index is 0.0144. The van der Waals surface area contributed by atoms with Crippen molar-refractivity contribution < 1.29 is 4.74 Å². The van der Waals surface area contributed by atoms with Gasteiger partial charge in [0.25, 0.3) is 6.02 Å². The van der Waals surface area contributed by atoms with Crippen molar-refractivity contribution in [3.05, 3.63) is 35.4 Å². The molecule has 0 spiro atoms. The molecule has 2 N–H and O–H groups in total. The zero-order valence-electron chi connectivity index (χ0n) is 7.53. The van der Waals surface area contributed by atoms with E-state index in [1.54, 1.807) is 0 Å². The Morgan fingerprint density at radius 1 is 1.38 bits per heavy atom. The molecule has 1 atom stereocenters. The highest BCUT2D eigenvalue weighted by atomic mass is 16.5. The number of hydrogen-bond acceptors (Lipinski definition) is 3. The summed E-state index contributed by atoms with van der Waals surface area (Å²) in [5, 5.41) is 0. The van der Waals surface area contributed by atoms with E-state index in [2.05, 4.69) is 24.0 Å². The lowest BCUT2D eigenvalue weighted by Gasteiger charge is -2.09. The lowest BCUT2D eigenvalue weighted by Crippen LogP contribution is -2.12. The molecule has 0 radical (unpaired) electrons. The van der Waals surface area contributed by atoms with E-state index >= 15 is 0 Å². The topological polar surface area (TPSA) is 47.6 Å². The Hall–Kier alpha value is -1.51. The highest BCUT2D eigenvalue weighted by molar-refractivity contribution is 5.73. The number of hydrogen-bond donors (Lipinski definition) is 1. The van der Waals surface area contributed by atoms with Crippen LogP contribution in [0.3, 0.4) is 0 Å². The Balaban J connectivity index is 2.14. The quantitative estimate of drug-likeness (QED) is 0.702. The molecule has 0 fully saturated rings. The van der Waals surface area contributed by atoms with Gasteiger partial charge in [-0.2, -0.15) is 0 Å². The zero-order valence-corrected chi connectivity index (χ0v) is 7.53. The first-order valence-corrected chi connectivity index (χ1v) is 4.29. The summed E-state index contributed by atoms with van der Waals surface area (Å²) in [5.41, 5.74) is 7.80. The van der Waals surface area contributed by atoms with Gasteiger partial charge in [0.05, 0.1) is 6.54 Å². The highest BCUT2D eigenvalue weighted by Gasteiger charge is 2.18.